The summed E-state index contributed by atoms with van der Waals surface area (Å²) in [7, 11) is 0. The molecule has 0 saturated heterocycles. The molecule has 1 aromatic heterocycles. The van der Waals surface area contributed by atoms with Crippen molar-refractivity contribution in [3.8, 4) is 0 Å². The number of hydrogen-bond acceptors (Lipinski definition) is 3. The number of allylic oxidation sites excluding steroid dienone is 1. The third-order valence-corrected chi connectivity index (χ3v) is 3.58. The zero-order valence-electron chi connectivity index (χ0n) is 11.5. The summed E-state index contributed by atoms with van der Waals surface area (Å²) in [6.07, 6.45) is 1.11. The average molecular weight is 281 g/mol. The highest BCUT2D eigenvalue weighted by atomic mass is 32.1. The van der Waals surface area contributed by atoms with Crippen molar-refractivity contribution < 1.29 is 4.90 Å². The first kappa shape index (κ1) is 14.0. The third kappa shape index (κ3) is 2.96. The molecule has 5 nitrogen and oxygen atoms in total. The summed E-state index contributed by atoms with van der Waals surface area (Å²) in [5.74, 6) is 0.858. The van der Waals surface area contributed by atoms with E-state index in [1.807, 2.05) is 11.5 Å². The molecule has 19 heavy (non-hydrogen) atoms. The van der Waals surface area contributed by atoms with Crippen LogP contribution in [-0.4, -0.2) is 22.8 Å². The van der Waals surface area contributed by atoms with Crippen molar-refractivity contribution in [2.24, 2.45) is 0 Å². The van der Waals surface area contributed by atoms with Crippen LogP contribution in [-0.2, 0) is 13.1 Å². The Morgan fingerprint density at radius 2 is 2.32 bits per heavy atom. The maximum absolute atomic E-state index is 12.1. The Kier molecular flexibility index (Phi) is 4.21. The van der Waals surface area contributed by atoms with Crippen LogP contribution in [0.25, 0.3) is 0 Å². The highest BCUT2D eigenvalue weighted by molar-refractivity contribution is 7.71. The molecular formula is C13H21N4OS+. The molecule has 6 heteroatoms. The lowest BCUT2D eigenvalue weighted by molar-refractivity contribution is -0.912. The Bertz CT molecular complexity index is 602. The van der Waals surface area contributed by atoms with Gasteiger partial charge >= 0.3 is 0 Å². The van der Waals surface area contributed by atoms with Crippen LogP contribution in [0.5, 0.6) is 0 Å². The second kappa shape index (κ2) is 5.71. The van der Waals surface area contributed by atoms with Crippen molar-refractivity contribution in [3.63, 3.8) is 0 Å². The van der Waals surface area contributed by atoms with E-state index in [2.05, 4.69) is 23.8 Å². The van der Waals surface area contributed by atoms with Gasteiger partial charge in [0.05, 0.1) is 6.54 Å². The van der Waals surface area contributed by atoms with Crippen molar-refractivity contribution >= 4 is 18.0 Å². The number of H-pyrrole nitrogens is 1. The molecule has 2 heterocycles. The standard InChI is InChI=1S/C13H20N4OS/c1-4-5-16-7-10-11(14-8-16)17(6-9(2)3)13(19)15-12(10)18/h14H,2,4-8H2,1,3H3,(H,15,18,19)/p+1. The smallest absolute Gasteiger partial charge is 0.262 e. The van der Waals surface area contributed by atoms with Gasteiger partial charge in [0.2, 0.25) is 0 Å². The van der Waals surface area contributed by atoms with E-state index in [1.165, 1.54) is 4.90 Å². The number of hydrogen-bond donors (Lipinski definition) is 3. The Morgan fingerprint density at radius 1 is 1.58 bits per heavy atom. The van der Waals surface area contributed by atoms with Crippen LogP contribution < -0.4 is 15.8 Å². The fourth-order valence-electron chi connectivity index (χ4n) is 2.45. The molecule has 0 saturated carbocycles. The molecule has 1 unspecified atom stereocenters. The second-order valence-corrected chi connectivity index (χ2v) is 5.55. The number of nitrogens with zero attached hydrogens (tertiary/aromatic N) is 1. The van der Waals surface area contributed by atoms with E-state index in [-0.39, 0.29) is 5.56 Å². The molecule has 0 aromatic carbocycles. The van der Waals surface area contributed by atoms with E-state index in [1.54, 1.807) is 0 Å². The number of aromatic amines is 1. The number of fused-ring (bicyclic) bond motifs is 1. The molecule has 3 N–H and O–H groups in total. The summed E-state index contributed by atoms with van der Waals surface area (Å²) >= 11 is 5.24. The number of nitrogens with one attached hydrogen (secondary N) is 3. The van der Waals surface area contributed by atoms with Crippen molar-refractivity contribution in [1.29, 1.82) is 0 Å². The zero-order chi connectivity index (χ0) is 14.0. The van der Waals surface area contributed by atoms with Gasteiger partial charge in [-0.15, -0.1) is 0 Å². The molecule has 1 atom stereocenters. The molecular weight excluding hydrogens is 260 g/mol. The number of aromatic nitrogens is 2. The van der Waals surface area contributed by atoms with Gasteiger partial charge in [0.15, 0.2) is 11.4 Å². The van der Waals surface area contributed by atoms with Gasteiger partial charge in [-0.3, -0.25) is 9.78 Å². The zero-order valence-corrected chi connectivity index (χ0v) is 12.3. The van der Waals surface area contributed by atoms with Gasteiger partial charge in [0.25, 0.3) is 5.56 Å². The SMILES string of the molecule is C=C(C)Cn1c2c(c(=O)[nH]c1=S)C[NH+](CCC)CN2. The number of quaternary nitrogens is 1. The molecule has 104 valence electrons. The Balaban J connectivity index is 2.45. The maximum atomic E-state index is 12.1. The normalized spacial score (nSPS) is 17.7. The van der Waals surface area contributed by atoms with Crippen LogP contribution >= 0.6 is 12.2 Å². The lowest BCUT2D eigenvalue weighted by Gasteiger charge is -2.28. The van der Waals surface area contributed by atoms with E-state index in [0.29, 0.717) is 11.3 Å². The highest BCUT2D eigenvalue weighted by Crippen LogP contribution is 2.14. The second-order valence-electron chi connectivity index (χ2n) is 5.16. The van der Waals surface area contributed by atoms with Gasteiger partial charge in [-0.25, -0.2) is 0 Å². The molecule has 1 aromatic rings. The van der Waals surface area contributed by atoms with Gasteiger partial charge in [-0.05, 0) is 25.6 Å². The van der Waals surface area contributed by atoms with Crippen LogP contribution in [0.3, 0.4) is 0 Å². The van der Waals surface area contributed by atoms with Crippen LogP contribution in [0, 0.1) is 4.77 Å². The van der Waals surface area contributed by atoms with Crippen molar-refractivity contribution in [2.45, 2.75) is 33.4 Å². The average Bonchev–Trinajstić information content (AvgIpc) is 2.35. The van der Waals surface area contributed by atoms with Gasteiger partial charge < -0.3 is 14.8 Å². The minimum Gasteiger partial charge on any atom is -0.324 e. The Morgan fingerprint density at radius 3 is 2.95 bits per heavy atom. The molecule has 0 radical (unpaired) electrons. The fraction of sp³-hybridized carbons (Fsp3) is 0.538. The van der Waals surface area contributed by atoms with Gasteiger partial charge in [-0.2, -0.15) is 0 Å². The molecule has 0 amide bonds. The first-order chi connectivity index (χ1) is 9.02. The first-order valence-corrected chi connectivity index (χ1v) is 7.01. The van der Waals surface area contributed by atoms with E-state index < -0.39 is 0 Å². The van der Waals surface area contributed by atoms with Crippen LogP contribution in [0.2, 0.25) is 0 Å². The van der Waals surface area contributed by atoms with Crippen LogP contribution in [0.1, 0.15) is 25.8 Å². The van der Waals surface area contributed by atoms with E-state index in [0.717, 1.165) is 43.1 Å². The van der Waals surface area contributed by atoms with Gasteiger partial charge in [0, 0.05) is 6.54 Å². The predicted octanol–water partition coefficient (Wildman–Crippen LogP) is 0.660. The summed E-state index contributed by atoms with van der Waals surface area (Å²) in [4.78, 5) is 16.2. The lowest BCUT2D eigenvalue weighted by Crippen LogP contribution is -3.12. The summed E-state index contributed by atoms with van der Waals surface area (Å²) in [5, 5.41) is 3.35. The first-order valence-electron chi connectivity index (χ1n) is 6.60. The van der Waals surface area contributed by atoms with E-state index in [4.69, 9.17) is 12.2 Å². The molecule has 1 aliphatic rings. The molecule has 0 spiro atoms. The largest absolute Gasteiger partial charge is 0.324 e. The third-order valence-electron chi connectivity index (χ3n) is 3.26. The number of rotatable bonds is 4. The summed E-state index contributed by atoms with van der Waals surface area (Å²) in [6, 6.07) is 0. The summed E-state index contributed by atoms with van der Waals surface area (Å²) in [5.41, 5.74) is 1.74. The predicted molar refractivity (Wildman–Crippen MR) is 79.0 cm³/mol. The van der Waals surface area contributed by atoms with Crippen LogP contribution in [0.4, 0.5) is 5.82 Å². The molecule has 0 bridgehead atoms. The highest BCUT2D eigenvalue weighted by Gasteiger charge is 2.23. The molecule has 2 rings (SSSR count). The molecule has 1 aliphatic heterocycles. The minimum atomic E-state index is -0.0706. The molecule has 0 fully saturated rings. The van der Waals surface area contributed by atoms with Crippen LogP contribution in [0.15, 0.2) is 16.9 Å². The topological polar surface area (TPSA) is 54.3 Å². The van der Waals surface area contributed by atoms with Crippen molar-refractivity contribution in [2.75, 3.05) is 18.5 Å². The van der Waals surface area contributed by atoms with Gasteiger partial charge in [0.1, 0.15) is 17.9 Å². The number of anilines is 1. The Labute approximate surface area is 117 Å². The monoisotopic (exact) mass is 281 g/mol. The summed E-state index contributed by atoms with van der Waals surface area (Å²) < 4.78 is 2.38. The minimum absolute atomic E-state index is 0.0706. The van der Waals surface area contributed by atoms with Crippen molar-refractivity contribution in [3.05, 3.63) is 32.8 Å². The maximum Gasteiger partial charge on any atom is 0.262 e. The van der Waals surface area contributed by atoms with Gasteiger partial charge in [-0.1, -0.05) is 19.1 Å². The quantitative estimate of drug-likeness (QED) is 0.561. The summed E-state index contributed by atoms with van der Waals surface area (Å²) in [6.45, 7) is 11.3. The van der Waals surface area contributed by atoms with E-state index in [9.17, 15) is 4.79 Å². The lowest BCUT2D eigenvalue weighted by atomic mass is 10.2. The fourth-order valence-corrected chi connectivity index (χ4v) is 2.70. The molecule has 0 aliphatic carbocycles. The van der Waals surface area contributed by atoms with Crippen molar-refractivity contribution in [1.82, 2.24) is 9.55 Å². The van der Waals surface area contributed by atoms with E-state index >= 15 is 0 Å². The Hall–Kier alpha value is -1.40.